The van der Waals surface area contributed by atoms with Crippen molar-refractivity contribution in [2.45, 2.75) is 87.0 Å². The Morgan fingerprint density at radius 1 is 0.778 bits per heavy atom. The van der Waals surface area contributed by atoms with Crippen LogP contribution in [0.4, 0.5) is 0 Å². The topological polar surface area (TPSA) is 0 Å². The molecule has 110 valence electrons. The van der Waals surface area contributed by atoms with Crippen molar-refractivity contribution in [2.24, 2.45) is 29.6 Å². The van der Waals surface area contributed by atoms with Gasteiger partial charge in [-0.1, -0.05) is 80.6 Å². The minimum absolute atomic E-state index is 0.865. The summed E-state index contributed by atoms with van der Waals surface area (Å²) >= 11 is 0. The SMILES string of the molecule is CCCC(CC)C(C)C(C)CC(C)CCC(C)C. The van der Waals surface area contributed by atoms with Crippen molar-refractivity contribution in [1.82, 2.24) is 0 Å². The van der Waals surface area contributed by atoms with E-state index in [0.717, 1.165) is 29.6 Å². The van der Waals surface area contributed by atoms with Crippen molar-refractivity contribution >= 4 is 0 Å². The van der Waals surface area contributed by atoms with E-state index in [1.807, 2.05) is 0 Å². The second-order valence-corrected chi connectivity index (χ2v) is 7.11. The Kier molecular flexibility index (Phi) is 9.87. The molecular formula is C18H38. The number of rotatable bonds is 10. The first kappa shape index (κ1) is 18.0. The van der Waals surface area contributed by atoms with Crippen LogP contribution in [-0.2, 0) is 0 Å². The molecule has 0 N–H and O–H groups in total. The van der Waals surface area contributed by atoms with Gasteiger partial charge in [0.15, 0.2) is 0 Å². The van der Waals surface area contributed by atoms with Gasteiger partial charge in [-0.15, -0.1) is 0 Å². The first-order valence-electron chi connectivity index (χ1n) is 8.42. The standard InChI is InChI=1S/C18H38/c1-8-10-18(9-2)17(7)16(6)13-15(5)12-11-14(3)4/h14-18H,8-13H2,1-7H3. The lowest BCUT2D eigenvalue weighted by Gasteiger charge is -2.30. The third-order valence-electron chi connectivity index (χ3n) is 4.84. The molecule has 0 fully saturated rings. The molecule has 0 radical (unpaired) electrons. The van der Waals surface area contributed by atoms with Crippen LogP contribution in [0, 0.1) is 29.6 Å². The second-order valence-electron chi connectivity index (χ2n) is 7.11. The normalized spacial score (nSPS) is 18.7. The van der Waals surface area contributed by atoms with Gasteiger partial charge in [-0.05, 0) is 36.0 Å². The van der Waals surface area contributed by atoms with Crippen LogP contribution < -0.4 is 0 Å². The van der Waals surface area contributed by atoms with Gasteiger partial charge in [0.1, 0.15) is 0 Å². The zero-order valence-electron chi connectivity index (χ0n) is 14.1. The Balaban J connectivity index is 4.08. The van der Waals surface area contributed by atoms with Gasteiger partial charge < -0.3 is 0 Å². The summed E-state index contributed by atoms with van der Waals surface area (Å²) in [6.45, 7) is 16.8. The molecule has 0 spiro atoms. The molecule has 0 aliphatic heterocycles. The largest absolute Gasteiger partial charge is 0.0654 e. The fourth-order valence-corrected chi connectivity index (χ4v) is 3.26. The molecule has 0 amide bonds. The van der Waals surface area contributed by atoms with Crippen LogP contribution in [0.2, 0.25) is 0 Å². The van der Waals surface area contributed by atoms with Gasteiger partial charge in [-0.2, -0.15) is 0 Å². The van der Waals surface area contributed by atoms with Crippen LogP contribution in [0.3, 0.4) is 0 Å². The Morgan fingerprint density at radius 3 is 1.83 bits per heavy atom. The fourth-order valence-electron chi connectivity index (χ4n) is 3.26. The first-order chi connectivity index (χ1) is 8.42. The number of hydrogen-bond donors (Lipinski definition) is 0. The van der Waals surface area contributed by atoms with Gasteiger partial charge in [0.25, 0.3) is 0 Å². The molecule has 0 heterocycles. The minimum atomic E-state index is 0.865. The summed E-state index contributed by atoms with van der Waals surface area (Å²) in [5.41, 5.74) is 0. The maximum absolute atomic E-state index is 2.49. The van der Waals surface area contributed by atoms with E-state index >= 15 is 0 Å². The average molecular weight is 255 g/mol. The van der Waals surface area contributed by atoms with E-state index < -0.39 is 0 Å². The van der Waals surface area contributed by atoms with Crippen LogP contribution in [0.15, 0.2) is 0 Å². The van der Waals surface area contributed by atoms with Crippen molar-refractivity contribution in [2.75, 3.05) is 0 Å². The molecule has 0 heteroatoms. The molecule has 0 aromatic heterocycles. The Labute approximate surface area is 117 Å². The molecule has 0 aromatic rings. The van der Waals surface area contributed by atoms with E-state index in [1.165, 1.54) is 38.5 Å². The van der Waals surface area contributed by atoms with Gasteiger partial charge in [-0.3, -0.25) is 0 Å². The Morgan fingerprint density at radius 2 is 1.39 bits per heavy atom. The predicted octanol–water partition coefficient (Wildman–Crippen LogP) is 6.55. The molecule has 18 heavy (non-hydrogen) atoms. The maximum atomic E-state index is 2.49. The lowest BCUT2D eigenvalue weighted by molar-refractivity contribution is 0.206. The monoisotopic (exact) mass is 254 g/mol. The molecule has 0 aliphatic rings. The highest BCUT2D eigenvalue weighted by Crippen LogP contribution is 2.32. The maximum Gasteiger partial charge on any atom is -0.0389 e. The molecule has 0 saturated heterocycles. The molecule has 0 nitrogen and oxygen atoms in total. The van der Waals surface area contributed by atoms with Crippen molar-refractivity contribution in [3.8, 4) is 0 Å². The van der Waals surface area contributed by atoms with Crippen molar-refractivity contribution in [1.29, 1.82) is 0 Å². The number of hydrogen-bond acceptors (Lipinski definition) is 0. The zero-order chi connectivity index (χ0) is 14.1. The zero-order valence-corrected chi connectivity index (χ0v) is 14.1. The lowest BCUT2D eigenvalue weighted by Crippen LogP contribution is -2.20. The fraction of sp³-hybridized carbons (Fsp3) is 1.00. The third-order valence-corrected chi connectivity index (χ3v) is 4.84. The summed E-state index contributed by atoms with van der Waals surface area (Å²) in [6.07, 6.45) is 8.36. The summed E-state index contributed by atoms with van der Waals surface area (Å²) in [5.74, 6) is 4.51. The molecule has 4 unspecified atom stereocenters. The van der Waals surface area contributed by atoms with Gasteiger partial charge in [0.2, 0.25) is 0 Å². The van der Waals surface area contributed by atoms with E-state index in [-0.39, 0.29) is 0 Å². The molecule has 0 rings (SSSR count). The summed E-state index contributed by atoms with van der Waals surface area (Å²) in [6, 6.07) is 0. The molecule has 4 atom stereocenters. The van der Waals surface area contributed by atoms with E-state index in [2.05, 4.69) is 48.5 Å². The highest BCUT2D eigenvalue weighted by Gasteiger charge is 2.22. The average Bonchev–Trinajstić information content (AvgIpc) is 2.32. The van der Waals surface area contributed by atoms with Crippen molar-refractivity contribution in [3.63, 3.8) is 0 Å². The molecular weight excluding hydrogens is 216 g/mol. The first-order valence-corrected chi connectivity index (χ1v) is 8.42. The molecule has 0 saturated carbocycles. The molecule has 0 aliphatic carbocycles. The van der Waals surface area contributed by atoms with Gasteiger partial charge in [0.05, 0.1) is 0 Å². The minimum Gasteiger partial charge on any atom is -0.0654 e. The van der Waals surface area contributed by atoms with Crippen molar-refractivity contribution < 1.29 is 0 Å². The lowest BCUT2D eigenvalue weighted by atomic mass is 9.76. The van der Waals surface area contributed by atoms with Gasteiger partial charge in [-0.25, -0.2) is 0 Å². The highest BCUT2D eigenvalue weighted by molar-refractivity contribution is 4.72. The molecule has 0 bridgehead atoms. The highest BCUT2D eigenvalue weighted by atomic mass is 14.3. The van der Waals surface area contributed by atoms with E-state index in [9.17, 15) is 0 Å². The summed E-state index contributed by atoms with van der Waals surface area (Å²) in [4.78, 5) is 0. The Hall–Kier alpha value is 0. The van der Waals surface area contributed by atoms with Crippen LogP contribution >= 0.6 is 0 Å². The summed E-state index contributed by atoms with van der Waals surface area (Å²) < 4.78 is 0. The van der Waals surface area contributed by atoms with Crippen LogP contribution in [0.1, 0.15) is 87.0 Å². The smallest absolute Gasteiger partial charge is 0.0389 e. The third kappa shape index (κ3) is 7.44. The second kappa shape index (κ2) is 9.87. The molecule has 0 aromatic carbocycles. The van der Waals surface area contributed by atoms with E-state index in [1.54, 1.807) is 0 Å². The van der Waals surface area contributed by atoms with E-state index in [4.69, 9.17) is 0 Å². The van der Waals surface area contributed by atoms with Crippen LogP contribution in [-0.4, -0.2) is 0 Å². The quantitative estimate of drug-likeness (QED) is 0.415. The van der Waals surface area contributed by atoms with E-state index in [0.29, 0.717) is 0 Å². The van der Waals surface area contributed by atoms with Crippen LogP contribution in [0.25, 0.3) is 0 Å². The summed E-state index contributed by atoms with van der Waals surface area (Å²) in [7, 11) is 0. The van der Waals surface area contributed by atoms with Crippen molar-refractivity contribution in [3.05, 3.63) is 0 Å². The summed E-state index contributed by atoms with van der Waals surface area (Å²) in [5, 5.41) is 0. The Bertz CT molecular complexity index is 182. The predicted molar refractivity (Wildman–Crippen MR) is 84.9 cm³/mol. The van der Waals surface area contributed by atoms with Gasteiger partial charge in [0, 0.05) is 0 Å². The van der Waals surface area contributed by atoms with Crippen LogP contribution in [0.5, 0.6) is 0 Å². The van der Waals surface area contributed by atoms with Gasteiger partial charge >= 0.3 is 0 Å².